The standard InChI is InChI=1S/C20H22N4O3/c1-13-11-18(25)23-16-9-5-6-10-17(16)24(13)19(26)12-22-15-8-4-3-7-14(15)20(27)21-2/h3-10,13,22H,11-12H2,1-2H3,(H,21,27)(H,23,25)/t13-/m0/s1. The third-order valence-electron chi connectivity index (χ3n) is 4.46. The van der Waals surface area contributed by atoms with Gasteiger partial charge >= 0.3 is 0 Å². The van der Waals surface area contributed by atoms with Crippen LogP contribution in [0.5, 0.6) is 0 Å². The Bertz CT molecular complexity index is 881. The Morgan fingerprint density at radius 2 is 1.85 bits per heavy atom. The first kappa shape index (κ1) is 18.4. The SMILES string of the molecule is CNC(=O)c1ccccc1NCC(=O)N1c2ccccc2NC(=O)C[C@@H]1C. The number of nitrogens with one attached hydrogen (secondary N) is 3. The Balaban J connectivity index is 1.82. The zero-order chi connectivity index (χ0) is 19.4. The molecule has 0 unspecified atom stereocenters. The van der Waals surface area contributed by atoms with Gasteiger partial charge in [0.15, 0.2) is 0 Å². The average Bonchev–Trinajstić information content (AvgIpc) is 2.79. The van der Waals surface area contributed by atoms with Crippen molar-refractivity contribution in [1.29, 1.82) is 0 Å². The normalized spacial score (nSPS) is 16.0. The first-order valence-corrected chi connectivity index (χ1v) is 8.77. The van der Waals surface area contributed by atoms with Crippen molar-refractivity contribution in [3.63, 3.8) is 0 Å². The Kier molecular flexibility index (Phi) is 5.40. The molecule has 2 aromatic rings. The van der Waals surface area contributed by atoms with Gasteiger partial charge in [0.1, 0.15) is 0 Å². The summed E-state index contributed by atoms with van der Waals surface area (Å²) in [6.45, 7) is 1.85. The minimum atomic E-state index is -0.280. The molecule has 7 nitrogen and oxygen atoms in total. The summed E-state index contributed by atoms with van der Waals surface area (Å²) in [6, 6.07) is 14.0. The summed E-state index contributed by atoms with van der Waals surface area (Å²) in [5, 5.41) is 8.47. The van der Waals surface area contributed by atoms with Crippen molar-refractivity contribution in [1.82, 2.24) is 5.32 Å². The smallest absolute Gasteiger partial charge is 0.253 e. The molecule has 0 aromatic heterocycles. The lowest BCUT2D eigenvalue weighted by Gasteiger charge is -2.28. The van der Waals surface area contributed by atoms with Crippen molar-refractivity contribution in [2.45, 2.75) is 19.4 Å². The highest BCUT2D eigenvalue weighted by atomic mass is 16.2. The number of hydrogen-bond acceptors (Lipinski definition) is 4. The third kappa shape index (κ3) is 3.92. The molecule has 0 radical (unpaired) electrons. The first-order chi connectivity index (χ1) is 13.0. The van der Waals surface area contributed by atoms with E-state index in [9.17, 15) is 14.4 Å². The topological polar surface area (TPSA) is 90.5 Å². The van der Waals surface area contributed by atoms with Crippen LogP contribution in [0.2, 0.25) is 0 Å². The number of fused-ring (bicyclic) bond motifs is 1. The van der Waals surface area contributed by atoms with Crippen LogP contribution in [0.4, 0.5) is 17.1 Å². The molecule has 1 aliphatic rings. The molecule has 0 saturated carbocycles. The molecule has 1 heterocycles. The van der Waals surface area contributed by atoms with E-state index in [2.05, 4.69) is 16.0 Å². The minimum absolute atomic E-state index is 0.000865. The number of carbonyl (C=O) groups excluding carboxylic acids is 3. The number of benzene rings is 2. The maximum atomic E-state index is 13.0. The number of anilines is 3. The van der Waals surface area contributed by atoms with Crippen LogP contribution in [0.15, 0.2) is 48.5 Å². The second kappa shape index (κ2) is 7.90. The predicted octanol–water partition coefficient (Wildman–Crippen LogP) is 2.22. The summed E-state index contributed by atoms with van der Waals surface area (Å²) in [7, 11) is 1.56. The molecule has 0 fully saturated rings. The Morgan fingerprint density at radius 3 is 2.63 bits per heavy atom. The van der Waals surface area contributed by atoms with Gasteiger partial charge in [-0.1, -0.05) is 24.3 Å². The van der Waals surface area contributed by atoms with Crippen molar-refractivity contribution in [3.05, 3.63) is 54.1 Å². The lowest BCUT2D eigenvalue weighted by molar-refractivity contribution is -0.118. The number of rotatable bonds is 4. The highest BCUT2D eigenvalue weighted by molar-refractivity contribution is 6.06. The number of para-hydroxylation sites is 3. The number of nitrogens with zero attached hydrogens (tertiary/aromatic N) is 1. The quantitative estimate of drug-likeness (QED) is 0.774. The van der Waals surface area contributed by atoms with E-state index in [1.54, 1.807) is 42.3 Å². The highest BCUT2D eigenvalue weighted by Crippen LogP contribution is 2.31. The van der Waals surface area contributed by atoms with E-state index in [0.29, 0.717) is 22.6 Å². The molecule has 0 bridgehead atoms. The molecule has 0 spiro atoms. The molecule has 2 aromatic carbocycles. The lowest BCUT2D eigenvalue weighted by Crippen LogP contribution is -2.42. The van der Waals surface area contributed by atoms with Crippen molar-refractivity contribution in [2.75, 3.05) is 29.1 Å². The van der Waals surface area contributed by atoms with Gasteiger partial charge in [-0.2, -0.15) is 0 Å². The summed E-state index contributed by atoms with van der Waals surface area (Å²) in [4.78, 5) is 38.6. The Hall–Kier alpha value is -3.35. The third-order valence-corrected chi connectivity index (χ3v) is 4.46. The molecule has 0 saturated heterocycles. The van der Waals surface area contributed by atoms with E-state index >= 15 is 0 Å². The summed E-state index contributed by atoms with van der Waals surface area (Å²) in [5.41, 5.74) is 2.33. The fourth-order valence-corrected chi connectivity index (χ4v) is 3.19. The molecule has 3 rings (SSSR count). The molecule has 0 aliphatic carbocycles. The molecular weight excluding hydrogens is 344 g/mol. The largest absolute Gasteiger partial charge is 0.375 e. The van der Waals surface area contributed by atoms with E-state index in [-0.39, 0.29) is 36.7 Å². The van der Waals surface area contributed by atoms with Crippen LogP contribution in [-0.4, -0.2) is 37.4 Å². The maximum absolute atomic E-state index is 13.0. The molecule has 1 aliphatic heterocycles. The van der Waals surface area contributed by atoms with Crippen LogP contribution in [0.3, 0.4) is 0 Å². The highest BCUT2D eigenvalue weighted by Gasteiger charge is 2.29. The summed E-state index contributed by atoms with van der Waals surface area (Å²) >= 11 is 0. The van der Waals surface area contributed by atoms with Crippen molar-refractivity contribution >= 4 is 34.8 Å². The maximum Gasteiger partial charge on any atom is 0.253 e. The van der Waals surface area contributed by atoms with Crippen LogP contribution >= 0.6 is 0 Å². The second-order valence-electron chi connectivity index (χ2n) is 6.36. The van der Waals surface area contributed by atoms with Crippen LogP contribution in [0.25, 0.3) is 0 Å². The van der Waals surface area contributed by atoms with Gasteiger partial charge in [0.2, 0.25) is 11.8 Å². The van der Waals surface area contributed by atoms with Crippen molar-refractivity contribution in [3.8, 4) is 0 Å². The van der Waals surface area contributed by atoms with Gasteiger partial charge in [-0.15, -0.1) is 0 Å². The average molecular weight is 366 g/mol. The zero-order valence-electron chi connectivity index (χ0n) is 15.3. The van der Waals surface area contributed by atoms with Gasteiger partial charge in [0.25, 0.3) is 5.91 Å². The predicted molar refractivity (Wildman–Crippen MR) is 105 cm³/mol. The molecule has 1 atom stereocenters. The van der Waals surface area contributed by atoms with Crippen molar-refractivity contribution < 1.29 is 14.4 Å². The van der Waals surface area contributed by atoms with E-state index < -0.39 is 0 Å². The van der Waals surface area contributed by atoms with E-state index in [4.69, 9.17) is 0 Å². The Labute approximate surface area is 157 Å². The molecular formula is C20H22N4O3. The first-order valence-electron chi connectivity index (χ1n) is 8.77. The molecule has 3 N–H and O–H groups in total. The second-order valence-corrected chi connectivity index (χ2v) is 6.36. The number of amides is 3. The monoisotopic (exact) mass is 366 g/mol. The van der Waals surface area contributed by atoms with E-state index in [0.717, 1.165) is 0 Å². The van der Waals surface area contributed by atoms with E-state index in [1.165, 1.54) is 0 Å². The summed E-state index contributed by atoms with van der Waals surface area (Å²) in [5.74, 6) is -0.532. The van der Waals surface area contributed by atoms with Gasteiger partial charge < -0.3 is 20.9 Å². The molecule has 140 valence electrons. The molecule has 7 heteroatoms. The van der Waals surface area contributed by atoms with Gasteiger partial charge in [-0.05, 0) is 31.2 Å². The van der Waals surface area contributed by atoms with Crippen molar-refractivity contribution in [2.24, 2.45) is 0 Å². The molecule has 27 heavy (non-hydrogen) atoms. The molecule has 3 amide bonds. The van der Waals surface area contributed by atoms with Gasteiger partial charge in [0.05, 0.1) is 23.5 Å². The van der Waals surface area contributed by atoms with Gasteiger partial charge in [0, 0.05) is 25.2 Å². The van der Waals surface area contributed by atoms with E-state index in [1.807, 2.05) is 25.1 Å². The van der Waals surface area contributed by atoms with Crippen LogP contribution in [-0.2, 0) is 9.59 Å². The lowest BCUT2D eigenvalue weighted by atomic mass is 10.1. The Morgan fingerprint density at radius 1 is 1.15 bits per heavy atom. The van der Waals surface area contributed by atoms with Gasteiger partial charge in [-0.25, -0.2) is 0 Å². The number of hydrogen-bond donors (Lipinski definition) is 3. The van der Waals surface area contributed by atoms with Crippen LogP contribution in [0.1, 0.15) is 23.7 Å². The summed E-state index contributed by atoms with van der Waals surface area (Å²) < 4.78 is 0. The zero-order valence-corrected chi connectivity index (χ0v) is 15.3. The number of carbonyl (C=O) groups is 3. The summed E-state index contributed by atoms with van der Waals surface area (Å²) in [6.07, 6.45) is 0.218. The van der Waals surface area contributed by atoms with Crippen LogP contribution < -0.4 is 20.9 Å². The minimum Gasteiger partial charge on any atom is -0.375 e. The van der Waals surface area contributed by atoms with Crippen LogP contribution in [0, 0.1) is 0 Å². The fraction of sp³-hybridized carbons (Fsp3) is 0.250. The fourth-order valence-electron chi connectivity index (χ4n) is 3.19. The van der Waals surface area contributed by atoms with Gasteiger partial charge in [-0.3, -0.25) is 14.4 Å².